The predicted octanol–water partition coefficient (Wildman–Crippen LogP) is 4.38. The van der Waals surface area contributed by atoms with E-state index in [1.165, 1.54) is 5.56 Å². The molecular weight excluding hydrogens is 272 g/mol. The van der Waals surface area contributed by atoms with Crippen LogP contribution >= 0.6 is 0 Å². The molecule has 0 saturated carbocycles. The van der Waals surface area contributed by atoms with Gasteiger partial charge in [-0.05, 0) is 24.6 Å². The molecule has 0 fully saturated rings. The van der Waals surface area contributed by atoms with E-state index in [0.29, 0.717) is 11.5 Å². The molecule has 1 aliphatic rings. The predicted molar refractivity (Wildman–Crippen MR) is 86.2 cm³/mol. The minimum Gasteiger partial charge on any atom is -0.457 e. The summed E-state index contributed by atoms with van der Waals surface area (Å²) in [5.41, 5.74) is 2.37. The maximum Gasteiger partial charge on any atom is 0.147 e. The zero-order valence-electron chi connectivity index (χ0n) is 12.3. The number of hydrogen-bond acceptors (Lipinski definition) is 2. The van der Waals surface area contributed by atoms with Gasteiger partial charge in [-0.2, -0.15) is 0 Å². The van der Waals surface area contributed by atoms with E-state index in [0.717, 1.165) is 16.7 Å². The van der Waals surface area contributed by atoms with E-state index in [1.807, 2.05) is 79.7 Å². The van der Waals surface area contributed by atoms with E-state index in [4.69, 9.17) is 4.74 Å². The van der Waals surface area contributed by atoms with E-state index >= 15 is 0 Å². The zero-order chi connectivity index (χ0) is 15.2. The third-order valence-corrected chi connectivity index (χ3v) is 4.24. The van der Waals surface area contributed by atoms with Crippen LogP contribution in [0.4, 0.5) is 0 Å². The fourth-order valence-electron chi connectivity index (χ4n) is 3.08. The van der Waals surface area contributed by atoms with Gasteiger partial charge in [-0.15, -0.1) is 0 Å². The van der Waals surface area contributed by atoms with Gasteiger partial charge in [0.05, 0.1) is 0 Å². The zero-order valence-corrected chi connectivity index (χ0v) is 12.3. The number of fused-ring (bicyclic) bond motifs is 2. The Bertz CT molecular complexity index is 789. The fraction of sp³-hybridized carbons (Fsp3) is 0.100. The number of para-hydroxylation sites is 2. The van der Waals surface area contributed by atoms with Crippen LogP contribution in [-0.2, 0) is 5.60 Å². The molecule has 1 heterocycles. The second-order valence-electron chi connectivity index (χ2n) is 5.67. The number of aryl methyl sites for hydroxylation is 1. The van der Waals surface area contributed by atoms with Crippen LogP contribution in [0.2, 0.25) is 0 Å². The molecule has 0 atom stereocenters. The molecule has 3 aromatic carbocycles. The minimum absolute atomic E-state index is 0.698. The first-order chi connectivity index (χ1) is 10.7. The van der Waals surface area contributed by atoms with E-state index in [1.54, 1.807) is 0 Å². The number of hydrogen-bond donors (Lipinski definition) is 1. The molecule has 4 rings (SSSR count). The van der Waals surface area contributed by atoms with E-state index < -0.39 is 5.60 Å². The Morgan fingerprint density at radius 2 is 1.23 bits per heavy atom. The van der Waals surface area contributed by atoms with Crippen molar-refractivity contribution < 1.29 is 9.84 Å². The Balaban J connectivity index is 2.03. The Kier molecular flexibility index (Phi) is 2.81. The van der Waals surface area contributed by atoms with Crippen LogP contribution in [-0.4, -0.2) is 5.11 Å². The van der Waals surface area contributed by atoms with Crippen molar-refractivity contribution in [1.82, 2.24) is 0 Å². The quantitative estimate of drug-likeness (QED) is 0.720. The van der Waals surface area contributed by atoms with Crippen LogP contribution in [0, 0.1) is 6.92 Å². The summed E-state index contributed by atoms with van der Waals surface area (Å²) in [5, 5.41) is 11.7. The summed E-state index contributed by atoms with van der Waals surface area (Å²) in [5.74, 6) is 1.40. The summed E-state index contributed by atoms with van der Waals surface area (Å²) in [7, 11) is 0. The van der Waals surface area contributed by atoms with Gasteiger partial charge in [0, 0.05) is 11.1 Å². The van der Waals surface area contributed by atoms with Crippen molar-refractivity contribution in [2.45, 2.75) is 12.5 Å². The monoisotopic (exact) mass is 288 g/mol. The SMILES string of the molecule is Cc1ccc(C2(O)c3ccccc3Oc3ccccc32)cc1. The molecule has 1 aliphatic heterocycles. The lowest BCUT2D eigenvalue weighted by Gasteiger charge is -2.36. The van der Waals surface area contributed by atoms with E-state index in [9.17, 15) is 5.11 Å². The molecule has 0 amide bonds. The van der Waals surface area contributed by atoms with Crippen molar-refractivity contribution >= 4 is 0 Å². The number of ether oxygens (including phenoxy) is 1. The third kappa shape index (κ3) is 1.78. The highest BCUT2D eigenvalue weighted by Gasteiger charge is 2.41. The smallest absolute Gasteiger partial charge is 0.147 e. The highest BCUT2D eigenvalue weighted by Crippen LogP contribution is 2.49. The minimum atomic E-state index is -1.20. The number of rotatable bonds is 1. The average Bonchev–Trinajstić information content (AvgIpc) is 2.56. The molecule has 2 nitrogen and oxygen atoms in total. The largest absolute Gasteiger partial charge is 0.457 e. The van der Waals surface area contributed by atoms with Crippen LogP contribution in [0.1, 0.15) is 22.3 Å². The maximum atomic E-state index is 11.7. The van der Waals surface area contributed by atoms with Gasteiger partial charge in [-0.25, -0.2) is 0 Å². The molecule has 0 saturated heterocycles. The lowest BCUT2D eigenvalue weighted by molar-refractivity contribution is 0.112. The first-order valence-electron chi connectivity index (χ1n) is 7.36. The lowest BCUT2D eigenvalue weighted by Crippen LogP contribution is -2.32. The van der Waals surface area contributed by atoms with Crippen LogP contribution in [0.15, 0.2) is 72.8 Å². The summed E-state index contributed by atoms with van der Waals surface area (Å²) >= 11 is 0. The Hall–Kier alpha value is -2.58. The van der Waals surface area contributed by atoms with Crippen molar-refractivity contribution in [2.75, 3.05) is 0 Å². The first-order valence-corrected chi connectivity index (χ1v) is 7.36. The molecule has 0 radical (unpaired) electrons. The van der Waals surface area contributed by atoms with Gasteiger partial charge in [0.2, 0.25) is 0 Å². The van der Waals surface area contributed by atoms with Crippen LogP contribution < -0.4 is 4.74 Å². The van der Waals surface area contributed by atoms with Gasteiger partial charge in [0.1, 0.15) is 17.1 Å². The van der Waals surface area contributed by atoms with Gasteiger partial charge < -0.3 is 9.84 Å². The average molecular weight is 288 g/mol. The van der Waals surface area contributed by atoms with E-state index in [2.05, 4.69) is 0 Å². The van der Waals surface area contributed by atoms with Gasteiger partial charge in [-0.1, -0.05) is 66.2 Å². The van der Waals surface area contributed by atoms with Crippen molar-refractivity contribution in [3.63, 3.8) is 0 Å². The number of benzene rings is 3. The van der Waals surface area contributed by atoms with Crippen LogP contribution in [0.25, 0.3) is 0 Å². The summed E-state index contributed by atoms with van der Waals surface area (Å²) in [6.45, 7) is 2.04. The van der Waals surface area contributed by atoms with Gasteiger partial charge in [0.25, 0.3) is 0 Å². The van der Waals surface area contributed by atoms with Gasteiger partial charge >= 0.3 is 0 Å². The normalized spacial score (nSPS) is 14.6. The number of aliphatic hydroxyl groups is 1. The molecule has 0 bridgehead atoms. The summed E-state index contributed by atoms with van der Waals surface area (Å²) in [4.78, 5) is 0. The molecule has 1 N–H and O–H groups in total. The Labute approximate surface area is 129 Å². The Morgan fingerprint density at radius 3 is 1.77 bits per heavy atom. The molecule has 0 spiro atoms. The Morgan fingerprint density at radius 1 is 0.727 bits per heavy atom. The lowest BCUT2D eigenvalue weighted by atomic mass is 9.78. The van der Waals surface area contributed by atoms with Crippen molar-refractivity contribution in [3.05, 3.63) is 95.1 Å². The second-order valence-corrected chi connectivity index (χ2v) is 5.67. The standard InChI is InChI=1S/C20H16O2/c1-14-10-12-15(13-11-14)20(21)16-6-2-4-8-18(16)22-19-9-5-3-7-17(19)20/h2-13,21H,1H3. The molecular formula is C20H16O2. The summed E-state index contributed by atoms with van der Waals surface area (Å²) in [6, 6.07) is 23.3. The summed E-state index contributed by atoms with van der Waals surface area (Å²) in [6.07, 6.45) is 0. The molecule has 108 valence electrons. The molecule has 0 aromatic heterocycles. The molecule has 0 unspecified atom stereocenters. The molecule has 22 heavy (non-hydrogen) atoms. The molecule has 2 heteroatoms. The van der Waals surface area contributed by atoms with Crippen molar-refractivity contribution in [2.24, 2.45) is 0 Å². The highest BCUT2D eigenvalue weighted by atomic mass is 16.5. The van der Waals surface area contributed by atoms with Crippen molar-refractivity contribution in [1.29, 1.82) is 0 Å². The fourth-order valence-corrected chi connectivity index (χ4v) is 3.08. The van der Waals surface area contributed by atoms with E-state index in [-0.39, 0.29) is 0 Å². The van der Waals surface area contributed by atoms with Crippen molar-refractivity contribution in [3.8, 4) is 11.5 Å². The first kappa shape index (κ1) is 13.1. The molecule has 0 aliphatic carbocycles. The van der Waals surface area contributed by atoms with Crippen LogP contribution in [0.3, 0.4) is 0 Å². The molecule has 3 aromatic rings. The van der Waals surface area contributed by atoms with Gasteiger partial charge in [-0.3, -0.25) is 0 Å². The van der Waals surface area contributed by atoms with Gasteiger partial charge in [0.15, 0.2) is 0 Å². The summed E-state index contributed by atoms with van der Waals surface area (Å²) < 4.78 is 5.96. The van der Waals surface area contributed by atoms with Crippen LogP contribution in [0.5, 0.6) is 11.5 Å². The maximum absolute atomic E-state index is 11.7. The third-order valence-electron chi connectivity index (χ3n) is 4.24. The second kappa shape index (κ2) is 4.72. The highest BCUT2D eigenvalue weighted by molar-refractivity contribution is 5.60. The topological polar surface area (TPSA) is 29.5 Å².